The predicted octanol–water partition coefficient (Wildman–Crippen LogP) is 3.09. The van der Waals surface area contributed by atoms with E-state index in [-0.39, 0.29) is 0 Å². The molecule has 0 radical (unpaired) electrons. The Labute approximate surface area is 125 Å². The van der Waals surface area contributed by atoms with Gasteiger partial charge in [-0.2, -0.15) is 0 Å². The Kier molecular flexibility index (Phi) is 12.7. The standard InChI is InChI=1S/C11H13NO2.C5H9NO/c1-14-11-6-4-10(5-7-11)3-2-8-12-9-13;1-2-3-4-6-5-7/h4-7H,2-3,8H2,1H3;2-4H2,1H3. The molecule has 0 aromatic heterocycles. The summed E-state index contributed by atoms with van der Waals surface area (Å²) < 4.78 is 5.04. The molecule has 5 nitrogen and oxygen atoms in total. The lowest BCUT2D eigenvalue weighted by atomic mass is 10.1. The Balaban J connectivity index is 0.000000486. The zero-order valence-corrected chi connectivity index (χ0v) is 12.7. The Hall–Kier alpha value is -2.22. The minimum atomic E-state index is 0.551. The number of aryl methyl sites for hydroxylation is 1. The van der Waals surface area contributed by atoms with E-state index in [1.165, 1.54) is 17.7 Å². The number of isocyanates is 2. The van der Waals surface area contributed by atoms with Crippen LogP contribution < -0.4 is 4.74 Å². The van der Waals surface area contributed by atoms with Crippen molar-refractivity contribution in [1.29, 1.82) is 0 Å². The molecule has 0 heterocycles. The molecule has 1 aromatic rings. The Morgan fingerprint density at radius 1 is 1.00 bits per heavy atom. The molecule has 5 heteroatoms. The number of hydrogen-bond donors (Lipinski definition) is 0. The molecule has 0 fully saturated rings. The second kappa shape index (κ2) is 14.2. The van der Waals surface area contributed by atoms with Crippen molar-refractivity contribution in [1.82, 2.24) is 0 Å². The summed E-state index contributed by atoms with van der Waals surface area (Å²) in [6.07, 6.45) is 6.89. The van der Waals surface area contributed by atoms with E-state index < -0.39 is 0 Å². The number of rotatable bonds is 8. The normalized spacial score (nSPS) is 8.67. The van der Waals surface area contributed by atoms with Gasteiger partial charge in [0.2, 0.25) is 12.2 Å². The highest BCUT2D eigenvalue weighted by Gasteiger charge is 1.93. The van der Waals surface area contributed by atoms with Gasteiger partial charge in [0.15, 0.2) is 0 Å². The molecular formula is C16H22N2O3. The molecule has 0 saturated carbocycles. The minimum Gasteiger partial charge on any atom is -0.497 e. The van der Waals surface area contributed by atoms with Gasteiger partial charge in [-0.15, -0.1) is 0 Å². The van der Waals surface area contributed by atoms with Crippen molar-refractivity contribution < 1.29 is 14.3 Å². The predicted molar refractivity (Wildman–Crippen MR) is 82.2 cm³/mol. The first kappa shape index (κ1) is 18.8. The van der Waals surface area contributed by atoms with E-state index >= 15 is 0 Å². The lowest BCUT2D eigenvalue weighted by Crippen LogP contribution is -1.89. The van der Waals surface area contributed by atoms with Gasteiger partial charge in [0, 0.05) is 0 Å². The van der Waals surface area contributed by atoms with Crippen LogP contribution in [0.5, 0.6) is 5.75 Å². The molecule has 1 aromatic carbocycles. The maximum Gasteiger partial charge on any atom is 0.234 e. The van der Waals surface area contributed by atoms with E-state index in [4.69, 9.17) is 4.74 Å². The Morgan fingerprint density at radius 3 is 2.05 bits per heavy atom. The van der Waals surface area contributed by atoms with E-state index in [1.807, 2.05) is 24.3 Å². The summed E-state index contributed by atoms with van der Waals surface area (Å²) in [5.74, 6) is 0.861. The number of nitrogens with zero attached hydrogens (tertiary/aromatic N) is 2. The second-order valence-corrected chi connectivity index (χ2v) is 4.25. The summed E-state index contributed by atoms with van der Waals surface area (Å²) in [5.41, 5.74) is 1.23. The third-order valence-corrected chi connectivity index (χ3v) is 2.65. The van der Waals surface area contributed by atoms with Crippen molar-refractivity contribution in [2.75, 3.05) is 20.2 Å². The van der Waals surface area contributed by atoms with Gasteiger partial charge >= 0.3 is 0 Å². The maximum atomic E-state index is 9.79. The first-order valence-electron chi connectivity index (χ1n) is 6.98. The van der Waals surface area contributed by atoms with Crippen molar-refractivity contribution in [3.63, 3.8) is 0 Å². The molecule has 0 atom stereocenters. The Bertz CT molecular complexity index is 459. The van der Waals surface area contributed by atoms with E-state index in [9.17, 15) is 9.59 Å². The number of carbonyl (C=O) groups excluding carboxylic acids is 2. The van der Waals surface area contributed by atoms with Gasteiger partial charge in [-0.3, -0.25) is 0 Å². The van der Waals surface area contributed by atoms with Crippen molar-refractivity contribution >= 4 is 12.2 Å². The topological polar surface area (TPSA) is 68.1 Å². The summed E-state index contributed by atoms with van der Waals surface area (Å²) in [6, 6.07) is 7.89. The monoisotopic (exact) mass is 290 g/mol. The summed E-state index contributed by atoms with van der Waals surface area (Å²) in [4.78, 5) is 26.0. The van der Waals surface area contributed by atoms with Crippen molar-refractivity contribution in [2.24, 2.45) is 9.98 Å². The van der Waals surface area contributed by atoms with Gasteiger partial charge < -0.3 is 4.74 Å². The molecule has 0 spiro atoms. The lowest BCUT2D eigenvalue weighted by Gasteiger charge is -2.01. The molecule has 114 valence electrons. The summed E-state index contributed by atoms with van der Waals surface area (Å²) in [7, 11) is 1.65. The van der Waals surface area contributed by atoms with Gasteiger partial charge in [0.1, 0.15) is 5.75 Å². The third kappa shape index (κ3) is 11.3. The minimum absolute atomic E-state index is 0.551. The van der Waals surface area contributed by atoms with E-state index in [0.29, 0.717) is 13.1 Å². The quantitative estimate of drug-likeness (QED) is 0.420. The van der Waals surface area contributed by atoms with Crippen LogP contribution in [0.15, 0.2) is 34.3 Å². The van der Waals surface area contributed by atoms with Crippen molar-refractivity contribution in [2.45, 2.75) is 32.6 Å². The summed E-state index contributed by atoms with van der Waals surface area (Å²) in [5, 5.41) is 0. The third-order valence-electron chi connectivity index (χ3n) is 2.65. The SMILES string of the molecule is CCCCN=C=O.COc1ccc(CCCN=C=O)cc1. The fourth-order valence-corrected chi connectivity index (χ4v) is 1.48. The number of benzene rings is 1. The van der Waals surface area contributed by atoms with Crippen LogP contribution in [0.2, 0.25) is 0 Å². The number of methoxy groups -OCH3 is 1. The molecular weight excluding hydrogens is 268 g/mol. The molecule has 0 amide bonds. The largest absolute Gasteiger partial charge is 0.497 e. The van der Waals surface area contributed by atoms with Crippen LogP contribution in [0.25, 0.3) is 0 Å². The average molecular weight is 290 g/mol. The molecule has 0 saturated heterocycles. The van der Waals surface area contributed by atoms with Gasteiger partial charge in [0.25, 0.3) is 0 Å². The van der Waals surface area contributed by atoms with Crippen LogP contribution in [-0.2, 0) is 16.0 Å². The van der Waals surface area contributed by atoms with Crippen LogP contribution in [0.4, 0.5) is 0 Å². The number of ether oxygens (including phenoxy) is 1. The zero-order valence-electron chi connectivity index (χ0n) is 12.7. The van der Waals surface area contributed by atoms with Crippen LogP contribution >= 0.6 is 0 Å². The molecule has 0 aliphatic rings. The fourth-order valence-electron chi connectivity index (χ4n) is 1.48. The van der Waals surface area contributed by atoms with Gasteiger partial charge in [-0.25, -0.2) is 19.6 Å². The average Bonchev–Trinajstić information content (AvgIpc) is 2.53. The molecule has 21 heavy (non-hydrogen) atoms. The number of aliphatic imine (C=N–C) groups is 2. The highest BCUT2D eigenvalue weighted by Crippen LogP contribution is 2.12. The second-order valence-electron chi connectivity index (χ2n) is 4.25. The van der Waals surface area contributed by atoms with Crippen molar-refractivity contribution in [3.8, 4) is 5.75 Å². The molecule has 0 bridgehead atoms. The van der Waals surface area contributed by atoms with Gasteiger partial charge in [-0.1, -0.05) is 25.5 Å². The summed E-state index contributed by atoms with van der Waals surface area (Å²) in [6.45, 7) is 3.25. The molecule has 1 rings (SSSR count). The number of unbranched alkanes of at least 4 members (excludes halogenated alkanes) is 1. The van der Waals surface area contributed by atoms with E-state index in [0.717, 1.165) is 31.4 Å². The summed E-state index contributed by atoms with van der Waals surface area (Å²) >= 11 is 0. The van der Waals surface area contributed by atoms with Gasteiger partial charge in [-0.05, 0) is 37.0 Å². The molecule has 0 aliphatic heterocycles. The molecule has 0 unspecified atom stereocenters. The lowest BCUT2D eigenvalue weighted by molar-refractivity contribution is 0.414. The van der Waals surface area contributed by atoms with Crippen LogP contribution in [0.3, 0.4) is 0 Å². The first-order valence-corrected chi connectivity index (χ1v) is 6.98. The first-order chi connectivity index (χ1) is 10.3. The maximum absolute atomic E-state index is 9.79. The highest BCUT2D eigenvalue weighted by molar-refractivity contribution is 5.33. The molecule has 0 aliphatic carbocycles. The van der Waals surface area contributed by atoms with Gasteiger partial charge in [0.05, 0.1) is 20.2 Å². The zero-order chi connectivity index (χ0) is 15.8. The van der Waals surface area contributed by atoms with Crippen molar-refractivity contribution in [3.05, 3.63) is 29.8 Å². The molecule has 0 N–H and O–H groups in total. The van der Waals surface area contributed by atoms with Crippen LogP contribution in [-0.4, -0.2) is 32.4 Å². The Morgan fingerprint density at radius 2 is 1.57 bits per heavy atom. The van der Waals surface area contributed by atoms with Crippen LogP contribution in [0, 0.1) is 0 Å². The van der Waals surface area contributed by atoms with Crippen LogP contribution in [0.1, 0.15) is 31.7 Å². The van der Waals surface area contributed by atoms with E-state index in [1.54, 1.807) is 7.11 Å². The highest BCUT2D eigenvalue weighted by atomic mass is 16.5. The smallest absolute Gasteiger partial charge is 0.234 e. The fraction of sp³-hybridized carbons (Fsp3) is 0.500. The number of hydrogen-bond acceptors (Lipinski definition) is 5. The van der Waals surface area contributed by atoms with E-state index in [2.05, 4.69) is 16.9 Å².